The Labute approximate surface area is 196 Å². The lowest BCUT2D eigenvalue weighted by Gasteiger charge is -2.22. The van der Waals surface area contributed by atoms with E-state index in [4.69, 9.17) is 0 Å². The van der Waals surface area contributed by atoms with E-state index in [9.17, 15) is 23.3 Å². The van der Waals surface area contributed by atoms with Crippen LogP contribution < -0.4 is 4.90 Å². The van der Waals surface area contributed by atoms with Crippen LogP contribution in [0.2, 0.25) is 0 Å². The summed E-state index contributed by atoms with van der Waals surface area (Å²) in [4.78, 5) is 31.3. The van der Waals surface area contributed by atoms with Gasteiger partial charge in [-0.3, -0.25) is 19.8 Å². The van der Waals surface area contributed by atoms with Crippen molar-refractivity contribution in [3.8, 4) is 0 Å². The maximum atomic E-state index is 13.1. The van der Waals surface area contributed by atoms with Gasteiger partial charge in [-0.25, -0.2) is 13.4 Å². The van der Waals surface area contributed by atoms with Crippen LogP contribution in [0.3, 0.4) is 0 Å². The summed E-state index contributed by atoms with van der Waals surface area (Å²) in [7, 11) is -0.152. The number of benzene rings is 2. The summed E-state index contributed by atoms with van der Waals surface area (Å²) in [6, 6.07) is 10.6. The van der Waals surface area contributed by atoms with Gasteiger partial charge in [-0.05, 0) is 39.2 Å². The highest BCUT2D eigenvalue weighted by molar-refractivity contribution is 7.92. The number of aryl methyl sites for hydroxylation is 1. The summed E-state index contributed by atoms with van der Waals surface area (Å²) in [5.74, 6) is -1.30. The van der Waals surface area contributed by atoms with Gasteiger partial charge >= 0.3 is 0 Å². The fourth-order valence-electron chi connectivity index (χ4n) is 2.83. The van der Waals surface area contributed by atoms with Crippen LogP contribution in [-0.2, 0) is 14.6 Å². The first-order valence-corrected chi connectivity index (χ1v) is 11.8. The molecular formula is C20H23ClN4O5S2. The molecule has 0 spiro atoms. The number of thiazole rings is 1. The Morgan fingerprint density at radius 2 is 1.78 bits per heavy atom. The van der Waals surface area contributed by atoms with Crippen molar-refractivity contribution in [1.82, 2.24) is 9.88 Å². The molecule has 0 saturated heterocycles. The number of hydrogen-bond acceptors (Lipinski definition) is 8. The Balaban J connectivity index is 0.00000363. The highest BCUT2D eigenvalue weighted by Gasteiger charge is 2.27. The average Bonchev–Trinajstić information content (AvgIpc) is 3.10. The summed E-state index contributed by atoms with van der Waals surface area (Å²) >= 11 is 1.12. The smallest absolute Gasteiger partial charge is 0.270 e. The van der Waals surface area contributed by atoms with Gasteiger partial charge in [-0.1, -0.05) is 29.0 Å². The van der Waals surface area contributed by atoms with Crippen LogP contribution in [0.5, 0.6) is 0 Å². The van der Waals surface area contributed by atoms with Gasteiger partial charge in [0, 0.05) is 25.2 Å². The van der Waals surface area contributed by atoms with Crippen molar-refractivity contribution < 1.29 is 18.1 Å². The molecule has 1 amide bonds. The summed E-state index contributed by atoms with van der Waals surface area (Å²) in [5.41, 5.74) is 1.35. The number of aromatic nitrogens is 1. The van der Waals surface area contributed by atoms with Crippen molar-refractivity contribution in [2.75, 3.05) is 37.8 Å². The molecular weight excluding hydrogens is 476 g/mol. The Morgan fingerprint density at radius 3 is 2.38 bits per heavy atom. The van der Waals surface area contributed by atoms with E-state index in [1.54, 1.807) is 12.1 Å². The number of nitro benzene ring substituents is 1. The largest absolute Gasteiger partial charge is 0.308 e. The normalized spacial score (nSPS) is 11.4. The lowest BCUT2D eigenvalue weighted by molar-refractivity contribution is -0.384. The minimum absolute atomic E-state index is 0. The van der Waals surface area contributed by atoms with Crippen molar-refractivity contribution in [1.29, 1.82) is 0 Å². The molecule has 0 radical (unpaired) electrons. The number of hydrogen-bond donors (Lipinski definition) is 0. The third-order valence-corrected chi connectivity index (χ3v) is 7.23. The molecule has 9 nitrogen and oxygen atoms in total. The van der Waals surface area contributed by atoms with E-state index in [-0.39, 0.29) is 29.5 Å². The van der Waals surface area contributed by atoms with Crippen LogP contribution in [0, 0.1) is 17.0 Å². The van der Waals surface area contributed by atoms with E-state index < -0.39 is 26.4 Å². The van der Waals surface area contributed by atoms with Crippen molar-refractivity contribution in [2.24, 2.45) is 0 Å². The lowest BCUT2D eigenvalue weighted by Crippen LogP contribution is -2.40. The molecule has 0 saturated carbocycles. The number of anilines is 1. The SMILES string of the molecule is Cc1ccc(S(=O)(=O)CC(=O)N(CCN(C)C)c2nc3ccc([N+](=O)[O-])cc3s2)cc1.Cl. The molecule has 3 rings (SSSR count). The number of nitrogens with zero attached hydrogens (tertiary/aromatic N) is 4. The Bertz CT molecular complexity index is 1230. The van der Waals surface area contributed by atoms with Crippen molar-refractivity contribution in [3.63, 3.8) is 0 Å². The highest BCUT2D eigenvalue weighted by Crippen LogP contribution is 2.31. The number of fused-ring (bicyclic) bond motifs is 1. The monoisotopic (exact) mass is 498 g/mol. The first kappa shape index (κ1) is 25.7. The third kappa shape index (κ3) is 6.00. The molecule has 0 N–H and O–H groups in total. The number of amides is 1. The molecule has 1 aromatic heterocycles. The summed E-state index contributed by atoms with van der Waals surface area (Å²) in [5, 5.41) is 11.3. The molecule has 2 aromatic carbocycles. The number of rotatable bonds is 8. The predicted octanol–water partition coefficient (Wildman–Crippen LogP) is 3.30. The van der Waals surface area contributed by atoms with E-state index in [1.165, 1.54) is 35.2 Å². The fourth-order valence-corrected chi connectivity index (χ4v) is 5.07. The molecule has 32 heavy (non-hydrogen) atoms. The molecule has 12 heteroatoms. The van der Waals surface area contributed by atoms with Crippen LogP contribution in [0.1, 0.15) is 5.56 Å². The highest BCUT2D eigenvalue weighted by atomic mass is 35.5. The van der Waals surface area contributed by atoms with Gasteiger partial charge < -0.3 is 4.90 Å². The van der Waals surface area contributed by atoms with E-state index in [0.29, 0.717) is 21.9 Å². The lowest BCUT2D eigenvalue weighted by atomic mass is 10.2. The zero-order valence-electron chi connectivity index (χ0n) is 17.7. The minimum Gasteiger partial charge on any atom is -0.308 e. The van der Waals surface area contributed by atoms with Gasteiger partial charge in [0.2, 0.25) is 5.91 Å². The van der Waals surface area contributed by atoms with Crippen LogP contribution in [0.25, 0.3) is 10.2 Å². The molecule has 0 atom stereocenters. The van der Waals surface area contributed by atoms with Crippen molar-refractivity contribution >= 4 is 60.5 Å². The number of sulfone groups is 1. The Hall–Kier alpha value is -2.60. The molecule has 0 fully saturated rings. The molecule has 3 aromatic rings. The number of non-ortho nitro benzene ring substituents is 1. The van der Waals surface area contributed by atoms with Crippen LogP contribution >= 0.6 is 23.7 Å². The number of likely N-dealkylation sites (N-methyl/N-ethyl adjacent to an activating group) is 1. The predicted molar refractivity (Wildman–Crippen MR) is 128 cm³/mol. The van der Waals surface area contributed by atoms with Gasteiger partial charge in [0.1, 0.15) is 5.75 Å². The second kappa shape index (κ2) is 10.3. The van der Waals surface area contributed by atoms with Gasteiger partial charge in [0.05, 0.1) is 20.0 Å². The number of carbonyl (C=O) groups excluding carboxylic acids is 1. The first-order chi connectivity index (χ1) is 14.6. The summed E-state index contributed by atoms with van der Waals surface area (Å²) in [6.07, 6.45) is 0. The number of nitro groups is 1. The molecule has 0 unspecified atom stereocenters. The molecule has 0 aliphatic rings. The second-order valence-corrected chi connectivity index (χ2v) is 10.3. The minimum atomic E-state index is -3.83. The average molecular weight is 499 g/mol. The van der Waals surface area contributed by atoms with Gasteiger partial charge in [0.25, 0.3) is 5.69 Å². The number of halogens is 1. The van der Waals surface area contributed by atoms with Gasteiger partial charge in [0.15, 0.2) is 15.0 Å². The van der Waals surface area contributed by atoms with E-state index in [1.807, 2.05) is 25.9 Å². The third-order valence-electron chi connectivity index (χ3n) is 4.57. The number of carbonyl (C=O) groups is 1. The molecule has 172 valence electrons. The molecule has 0 aliphatic heterocycles. The van der Waals surface area contributed by atoms with Crippen LogP contribution in [0.15, 0.2) is 47.4 Å². The van der Waals surface area contributed by atoms with Crippen LogP contribution in [0.4, 0.5) is 10.8 Å². The Morgan fingerprint density at radius 1 is 1.12 bits per heavy atom. The topological polar surface area (TPSA) is 114 Å². The second-order valence-electron chi connectivity index (χ2n) is 7.33. The summed E-state index contributed by atoms with van der Waals surface area (Å²) in [6.45, 7) is 2.57. The summed E-state index contributed by atoms with van der Waals surface area (Å²) < 4.78 is 26.1. The van der Waals surface area contributed by atoms with Crippen LogP contribution in [-0.4, -0.2) is 62.1 Å². The maximum Gasteiger partial charge on any atom is 0.270 e. The van der Waals surface area contributed by atoms with E-state index >= 15 is 0 Å². The van der Waals surface area contributed by atoms with Gasteiger partial charge in [-0.2, -0.15) is 0 Å². The van der Waals surface area contributed by atoms with E-state index in [2.05, 4.69) is 4.98 Å². The standard InChI is InChI=1S/C20H22N4O5S2.ClH/c1-14-4-7-16(8-5-14)31(28,29)13-19(25)23(11-10-22(2)3)20-21-17-9-6-15(24(26)27)12-18(17)30-20;/h4-9,12H,10-11,13H2,1-3H3;1H. The first-order valence-electron chi connectivity index (χ1n) is 9.36. The van der Waals surface area contributed by atoms with E-state index in [0.717, 1.165) is 16.9 Å². The van der Waals surface area contributed by atoms with Crippen molar-refractivity contribution in [2.45, 2.75) is 11.8 Å². The van der Waals surface area contributed by atoms with Gasteiger partial charge in [-0.15, -0.1) is 12.4 Å². The fraction of sp³-hybridized carbons (Fsp3) is 0.300. The maximum absolute atomic E-state index is 13.1. The zero-order chi connectivity index (χ0) is 22.8. The molecule has 1 heterocycles. The zero-order valence-corrected chi connectivity index (χ0v) is 20.2. The Kier molecular flexibility index (Phi) is 8.29. The quantitative estimate of drug-likeness (QED) is 0.345. The van der Waals surface area contributed by atoms with Crippen molar-refractivity contribution in [3.05, 3.63) is 58.1 Å². The molecule has 0 aliphatic carbocycles. The molecule has 0 bridgehead atoms.